The summed E-state index contributed by atoms with van der Waals surface area (Å²) in [6.07, 6.45) is 0. The average molecular weight is 236 g/mol. The van der Waals surface area contributed by atoms with Crippen molar-refractivity contribution in [3.8, 4) is 0 Å². The average Bonchev–Trinajstić information content (AvgIpc) is 2.64. The van der Waals surface area contributed by atoms with Crippen LogP contribution in [0.3, 0.4) is 0 Å². The lowest BCUT2D eigenvalue weighted by atomic mass is 10.1. The van der Waals surface area contributed by atoms with Crippen molar-refractivity contribution >= 4 is 16.5 Å². The number of hydrogen-bond donors (Lipinski definition) is 1. The SMILES string of the molecule is Cc1csc(NC(C)c2cccc(F)c2)n1. The molecule has 0 saturated heterocycles. The van der Waals surface area contributed by atoms with Gasteiger partial charge in [0.25, 0.3) is 0 Å². The topological polar surface area (TPSA) is 24.9 Å². The second-order valence-corrected chi connectivity index (χ2v) is 4.57. The number of nitrogens with one attached hydrogen (secondary N) is 1. The van der Waals surface area contributed by atoms with Crippen LogP contribution in [0.5, 0.6) is 0 Å². The van der Waals surface area contributed by atoms with Gasteiger partial charge in [0.15, 0.2) is 5.13 Å². The van der Waals surface area contributed by atoms with E-state index in [1.54, 1.807) is 17.4 Å². The molecule has 0 aliphatic rings. The van der Waals surface area contributed by atoms with Crippen LogP contribution in [0, 0.1) is 12.7 Å². The third-order valence-electron chi connectivity index (χ3n) is 2.31. The van der Waals surface area contributed by atoms with Gasteiger partial charge >= 0.3 is 0 Å². The van der Waals surface area contributed by atoms with Gasteiger partial charge in [0, 0.05) is 5.38 Å². The first-order valence-electron chi connectivity index (χ1n) is 5.09. The fourth-order valence-corrected chi connectivity index (χ4v) is 2.24. The summed E-state index contributed by atoms with van der Waals surface area (Å²) < 4.78 is 13.0. The number of rotatable bonds is 3. The Hall–Kier alpha value is -1.42. The van der Waals surface area contributed by atoms with Crippen LogP contribution in [0.1, 0.15) is 24.2 Å². The Morgan fingerprint density at radius 2 is 2.25 bits per heavy atom. The molecule has 1 aromatic carbocycles. The van der Waals surface area contributed by atoms with Gasteiger partial charge in [0.05, 0.1) is 11.7 Å². The third kappa shape index (κ3) is 2.58. The number of nitrogens with zero attached hydrogens (tertiary/aromatic N) is 1. The van der Waals surface area contributed by atoms with Crippen LogP contribution < -0.4 is 5.32 Å². The molecular weight excluding hydrogens is 223 g/mol. The van der Waals surface area contributed by atoms with E-state index >= 15 is 0 Å². The highest BCUT2D eigenvalue weighted by Gasteiger charge is 2.07. The molecule has 0 spiro atoms. The molecule has 2 rings (SSSR count). The lowest BCUT2D eigenvalue weighted by Gasteiger charge is -2.13. The smallest absolute Gasteiger partial charge is 0.183 e. The van der Waals surface area contributed by atoms with Crippen molar-refractivity contribution in [3.63, 3.8) is 0 Å². The number of hydrogen-bond acceptors (Lipinski definition) is 3. The lowest BCUT2D eigenvalue weighted by Crippen LogP contribution is -2.06. The number of aryl methyl sites for hydroxylation is 1. The minimum atomic E-state index is -0.207. The number of anilines is 1. The largest absolute Gasteiger partial charge is 0.355 e. The molecule has 0 saturated carbocycles. The van der Waals surface area contributed by atoms with E-state index in [0.29, 0.717) is 0 Å². The molecule has 1 atom stereocenters. The second kappa shape index (κ2) is 4.61. The molecule has 1 heterocycles. The monoisotopic (exact) mass is 236 g/mol. The molecule has 0 aliphatic carbocycles. The number of thiazole rings is 1. The minimum Gasteiger partial charge on any atom is -0.355 e. The van der Waals surface area contributed by atoms with Crippen molar-refractivity contribution in [2.24, 2.45) is 0 Å². The van der Waals surface area contributed by atoms with Crippen LogP contribution in [0.2, 0.25) is 0 Å². The Balaban J connectivity index is 2.11. The van der Waals surface area contributed by atoms with Crippen LogP contribution >= 0.6 is 11.3 Å². The van der Waals surface area contributed by atoms with Gasteiger partial charge in [-0.15, -0.1) is 11.3 Å². The summed E-state index contributed by atoms with van der Waals surface area (Å²) in [7, 11) is 0. The van der Waals surface area contributed by atoms with Crippen molar-refractivity contribution in [1.29, 1.82) is 0 Å². The van der Waals surface area contributed by atoms with E-state index in [2.05, 4.69) is 10.3 Å². The molecule has 4 heteroatoms. The zero-order valence-corrected chi connectivity index (χ0v) is 10.0. The van der Waals surface area contributed by atoms with Gasteiger partial charge in [-0.3, -0.25) is 0 Å². The Kier molecular flexibility index (Phi) is 3.19. The van der Waals surface area contributed by atoms with E-state index in [-0.39, 0.29) is 11.9 Å². The van der Waals surface area contributed by atoms with E-state index in [4.69, 9.17) is 0 Å². The maximum absolute atomic E-state index is 13.0. The highest BCUT2D eigenvalue weighted by molar-refractivity contribution is 7.13. The number of benzene rings is 1. The highest BCUT2D eigenvalue weighted by Crippen LogP contribution is 2.22. The van der Waals surface area contributed by atoms with Gasteiger partial charge in [-0.1, -0.05) is 12.1 Å². The third-order valence-corrected chi connectivity index (χ3v) is 3.20. The van der Waals surface area contributed by atoms with Crippen molar-refractivity contribution in [2.45, 2.75) is 19.9 Å². The molecule has 0 fully saturated rings. The van der Waals surface area contributed by atoms with Crippen LogP contribution in [0.25, 0.3) is 0 Å². The van der Waals surface area contributed by atoms with Gasteiger partial charge < -0.3 is 5.32 Å². The predicted molar refractivity (Wildman–Crippen MR) is 65.3 cm³/mol. The molecule has 0 aliphatic heterocycles. The lowest BCUT2D eigenvalue weighted by molar-refractivity contribution is 0.623. The molecule has 2 aromatic rings. The van der Waals surface area contributed by atoms with E-state index in [0.717, 1.165) is 16.4 Å². The summed E-state index contributed by atoms with van der Waals surface area (Å²) in [5, 5.41) is 6.10. The van der Waals surface area contributed by atoms with Gasteiger partial charge in [0.2, 0.25) is 0 Å². The molecule has 1 N–H and O–H groups in total. The maximum atomic E-state index is 13.0. The van der Waals surface area contributed by atoms with Crippen molar-refractivity contribution in [2.75, 3.05) is 5.32 Å². The number of aromatic nitrogens is 1. The molecule has 84 valence electrons. The molecule has 0 radical (unpaired) electrons. The predicted octanol–water partition coefficient (Wildman–Crippen LogP) is 3.76. The Morgan fingerprint density at radius 1 is 1.44 bits per heavy atom. The molecular formula is C12H13FN2S. The summed E-state index contributed by atoms with van der Waals surface area (Å²) in [6.45, 7) is 3.94. The van der Waals surface area contributed by atoms with Crippen molar-refractivity contribution < 1.29 is 4.39 Å². The fraction of sp³-hybridized carbons (Fsp3) is 0.250. The highest BCUT2D eigenvalue weighted by atomic mass is 32.1. The zero-order valence-electron chi connectivity index (χ0n) is 9.20. The van der Waals surface area contributed by atoms with Crippen LogP contribution in [0.15, 0.2) is 29.6 Å². The summed E-state index contributed by atoms with van der Waals surface area (Å²) in [5.74, 6) is -0.207. The van der Waals surface area contributed by atoms with E-state index in [9.17, 15) is 4.39 Å². The van der Waals surface area contributed by atoms with Crippen molar-refractivity contribution in [1.82, 2.24) is 4.98 Å². The summed E-state index contributed by atoms with van der Waals surface area (Å²) >= 11 is 1.56. The summed E-state index contributed by atoms with van der Waals surface area (Å²) in [5.41, 5.74) is 1.92. The molecule has 1 unspecified atom stereocenters. The zero-order chi connectivity index (χ0) is 11.5. The standard InChI is InChI=1S/C12H13FN2S/c1-8-7-16-12(14-8)15-9(2)10-4-3-5-11(13)6-10/h3-7,9H,1-2H3,(H,14,15). The summed E-state index contributed by atoms with van der Waals surface area (Å²) in [4.78, 5) is 4.31. The van der Waals surface area contributed by atoms with Crippen LogP contribution in [0.4, 0.5) is 9.52 Å². The second-order valence-electron chi connectivity index (χ2n) is 3.72. The Morgan fingerprint density at radius 3 is 2.88 bits per heavy atom. The quantitative estimate of drug-likeness (QED) is 0.877. The van der Waals surface area contributed by atoms with Crippen molar-refractivity contribution in [3.05, 3.63) is 46.7 Å². The first-order chi connectivity index (χ1) is 7.65. The van der Waals surface area contributed by atoms with Gasteiger partial charge in [-0.2, -0.15) is 0 Å². The minimum absolute atomic E-state index is 0.0567. The summed E-state index contributed by atoms with van der Waals surface area (Å²) in [6, 6.07) is 6.67. The van der Waals surface area contributed by atoms with Gasteiger partial charge in [0.1, 0.15) is 5.82 Å². The van der Waals surface area contributed by atoms with Crippen LogP contribution in [-0.2, 0) is 0 Å². The first kappa shape index (κ1) is 11.1. The number of halogens is 1. The normalized spacial score (nSPS) is 12.4. The Labute approximate surface area is 98.2 Å². The molecule has 0 amide bonds. The van der Waals surface area contributed by atoms with Crippen LogP contribution in [-0.4, -0.2) is 4.98 Å². The first-order valence-corrected chi connectivity index (χ1v) is 5.97. The van der Waals surface area contributed by atoms with E-state index < -0.39 is 0 Å². The van der Waals surface area contributed by atoms with Gasteiger partial charge in [-0.05, 0) is 31.5 Å². The van der Waals surface area contributed by atoms with E-state index in [1.165, 1.54) is 12.1 Å². The van der Waals surface area contributed by atoms with E-state index in [1.807, 2.05) is 25.3 Å². The van der Waals surface area contributed by atoms with Gasteiger partial charge in [-0.25, -0.2) is 9.37 Å². The molecule has 2 nitrogen and oxygen atoms in total. The fourth-order valence-electron chi connectivity index (χ4n) is 1.46. The maximum Gasteiger partial charge on any atom is 0.183 e. The Bertz CT molecular complexity index is 481. The molecule has 16 heavy (non-hydrogen) atoms. The molecule has 1 aromatic heterocycles. The molecule has 0 bridgehead atoms.